The molecule has 0 spiro atoms. The number of amides is 1. The van der Waals surface area contributed by atoms with E-state index in [1.165, 1.54) is 12.1 Å². The first kappa shape index (κ1) is 23.4. The van der Waals surface area contributed by atoms with Gasteiger partial charge in [0.1, 0.15) is 0 Å². The van der Waals surface area contributed by atoms with Gasteiger partial charge >= 0.3 is 12.1 Å². The van der Waals surface area contributed by atoms with Gasteiger partial charge in [0.05, 0.1) is 24.1 Å². The van der Waals surface area contributed by atoms with Gasteiger partial charge in [-0.15, -0.1) is 0 Å². The maximum atomic E-state index is 13.1. The fourth-order valence-corrected chi connectivity index (χ4v) is 5.29. The van der Waals surface area contributed by atoms with Gasteiger partial charge < -0.3 is 14.9 Å². The summed E-state index contributed by atoms with van der Waals surface area (Å²) in [4.78, 5) is 28.3. The van der Waals surface area contributed by atoms with Crippen molar-refractivity contribution in [3.8, 4) is 0 Å². The summed E-state index contributed by atoms with van der Waals surface area (Å²) in [6, 6.07) is 5.23. The van der Waals surface area contributed by atoms with Crippen LogP contribution < -0.4 is 4.90 Å². The molecule has 1 amide bonds. The fraction of sp³-hybridized carbons (Fsp3) is 0.652. The number of carbonyl (C=O) groups is 2. The number of nitrogens with zero attached hydrogens (tertiary/aromatic N) is 2. The number of hydrogen-bond acceptors (Lipinski definition) is 3. The van der Waals surface area contributed by atoms with Crippen LogP contribution in [0.15, 0.2) is 24.3 Å². The minimum Gasteiger partial charge on any atom is -0.481 e. The molecule has 1 aromatic carbocycles. The molecule has 0 aromatic heterocycles. The van der Waals surface area contributed by atoms with Gasteiger partial charge in [-0.25, -0.2) is 0 Å². The quantitative estimate of drug-likeness (QED) is 0.704. The highest BCUT2D eigenvalue weighted by Crippen LogP contribution is 2.45. The molecule has 0 bridgehead atoms. The van der Waals surface area contributed by atoms with Crippen molar-refractivity contribution in [2.45, 2.75) is 83.6 Å². The van der Waals surface area contributed by atoms with E-state index in [9.17, 15) is 22.8 Å². The van der Waals surface area contributed by atoms with Crippen LogP contribution in [0.25, 0.3) is 0 Å². The van der Waals surface area contributed by atoms with Crippen molar-refractivity contribution in [2.24, 2.45) is 5.41 Å². The number of alkyl halides is 3. The molecule has 0 aliphatic carbocycles. The number of hydrogen-bond donors (Lipinski definition) is 1. The van der Waals surface area contributed by atoms with E-state index >= 15 is 0 Å². The molecule has 2 saturated heterocycles. The smallest absolute Gasteiger partial charge is 0.416 e. The number of carboxylic acid groups (broad SMARTS) is 1. The minimum atomic E-state index is -4.38. The predicted molar refractivity (Wildman–Crippen MR) is 112 cm³/mol. The van der Waals surface area contributed by atoms with Crippen LogP contribution in [0, 0.1) is 5.41 Å². The van der Waals surface area contributed by atoms with Crippen LogP contribution in [-0.2, 0) is 15.8 Å². The highest BCUT2D eigenvalue weighted by atomic mass is 19.4. The van der Waals surface area contributed by atoms with Crippen molar-refractivity contribution in [1.29, 1.82) is 0 Å². The Bertz CT molecular complexity index is 833. The zero-order valence-corrected chi connectivity index (χ0v) is 18.5. The number of benzene rings is 1. The van der Waals surface area contributed by atoms with Crippen molar-refractivity contribution in [1.82, 2.24) is 4.90 Å². The molecule has 2 heterocycles. The number of fused-ring (bicyclic) bond motifs is 1. The summed E-state index contributed by atoms with van der Waals surface area (Å²) in [5.74, 6) is -0.976. The summed E-state index contributed by atoms with van der Waals surface area (Å²) in [5.41, 5.74) is -0.914. The zero-order chi connectivity index (χ0) is 23.2. The molecule has 2 aliphatic rings. The van der Waals surface area contributed by atoms with Crippen LogP contribution in [-0.4, -0.2) is 46.1 Å². The van der Waals surface area contributed by atoms with Crippen molar-refractivity contribution in [3.05, 3.63) is 29.8 Å². The third-order valence-electron chi connectivity index (χ3n) is 6.49. The Balaban J connectivity index is 1.83. The average molecular weight is 441 g/mol. The number of rotatable bonds is 5. The number of piperidine rings is 1. The third-order valence-corrected chi connectivity index (χ3v) is 6.49. The lowest BCUT2D eigenvalue weighted by Crippen LogP contribution is -2.53. The molecular weight excluding hydrogens is 409 g/mol. The van der Waals surface area contributed by atoms with Crippen LogP contribution in [0.3, 0.4) is 0 Å². The first-order valence-corrected chi connectivity index (χ1v) is 10.7. The molecule has 0 unspecified atom stereocenters. The lowest BCUT2D eigenvalue weighted by molar-refractivity contribution is -0.142. The molecule has 1 aromatic rings. The summed E-state index contributed by atoms with van der Waals surface area (Å²) in [7, 11) is 0. The molecule has 172 valence electrons. The molecule has 0 radical (unpaired) electrons. The number of carbonyl (C=O) groups excluding carboxylic acids is 1. The third kappa shape index (κ3) is 4.99. The Morgan fingerprint density at radius 1 is 1.10 bits per heavy atom. The van der Waals surface area contributed by atoms with E-state index in [0.717, 1.165) is 30.7 Å². The van der Waals surface area contributed by atoms with E-state index in [4.69, 9.17) is 5.11 Å². The van der Waals surface area contributed by atoms with Gasteiger partial charge in [0.2, 0.25) is 5.91 Å². The minimum absolute atomic E-state index is 0.0204. The first-order chi connectivity index (χ1) is 14.2. The maximum absolute atomic E-state index is 13.1. The lowest BCUT2D eigenvalue weighted by Gasteiger charge is -2.43. The highest BCUT2D eigenvalue weighted by molar-refractivity contribution is 5.79. The van der Waals surface area contributed by atoms with Crippen LogP contribution in [0.5, 0.6) is 0 Å². The Morgan fingerprint density at radius 3 is 2.26 bits per heavy atom. The molecule has 1 N–H and O–H groups in total. The Hall–Kier alpha value is -2.25. The molecule has 2 aliphatic heterocycles. The van der Waals surface area contributed by atoms with Gasteiger partial charge in [0.25, 0.3) is 0 Å². The van der Waals surface area contributed by atoms with E-state index in [1.54, 1.807) is 13.8 Å². The average Bonchev–Trinajstić information content (AvgIpc) is 2.88. The summed E-state index contributed by atoms with van der Waals surface area (Å²) in [6.45, 7) is 8.31. The monoisotopic (exact) mass is 440 g/mol. The van der Waals surface area contributed by atoms with Gasteiger partial charge in [-0.1, -0.05) is 13.8 Å². The molecule has 31 heavy (non-hydrogen) atoms. The number of halogens is 3. The van der Waals surface area contributed by atoms with Crippen molar-refractivity contribution < 1.29 is 27.9 Å². The maximum Gasteiger partial charge on any atom is 0.416 e. The van der Waals surface area contributed by atoms with Crippen LogP contribution in [0.1, 0.15) is 65.4 Å². The molecule has 2 atom stereocenters. The highest BCUT2D eigenvalue weighted by Gasteiger charge is 2.51. The largest absolute Gasteiger partial charge is 0.481 e. The number of anilines is 1. The Kier molecular flexibility index (Phi) is 6.06. The molecule has 3 rings (SSSR count). The van der Waals surface area contributed by atoms with Crippen LogP contribution in [0.2, 0.25) is 0 Å². The Morgan fingerprint density at radius 2 is 1.71 bits per heavy atom. The predicted octanol–water partition coefficient (Wildman–Crippen LogP) is 4.94. The van der Waals surface area contributed by atoms with E-state index in [2.05, 4.69) is 18.7 Å². The Labute approximate surface area is 181 Å². The number of likely N-dealkylation sites (tertiary alicyclic amines) is 1. The van der Waals surface area contributed by atoms with E-state index in [0.29, 0.717) is 13.0 Å². The summed E-state index contributed by atoms with van der Waals surface area (Å²) in [6.07, 6.45) is -1.92. The van der Waals surface area contributed by atoms with Crippen molar-refractivity contribution in [3.63, 3.8) is 0 Å². The van der Waals surface area contributed by atoms with Crippen LogP contribution in [0.4, 0.5) is 18.9 Å². The van der Waals surface area contributed by atoms with Gasteiger partial charge in [-0.2, -0.15) is 13.2 Å². The lowest BCUT2D eigenvalue weighted by atomic mass is 9.84. The summed E-state index contributed by atoms with van der Waals surface area (Å²) >= 11 is 0. The molecule has 0 saturated carbocycles. The number of aliphatic carboxylic acids is 1. The standard InChI is InChI=1S/C23H31F3N2O3/c1-21(2,14-20(30)31)13-19(29)27-11-5-6-17-18(27)12-22(3,4)28(17)16-9-7-15(8-10-16)23(24,25)26/h7-10,17-18H,5-6,11-14H2,1-4H3,(H,30,31)/t17-,18-/m0/s1. The summed E-state index contributed by atoms with van der Waals surface area (Å²) < 4.78 is 38.9. The second-order valence-electron chi connectivity index (χ2n) is 10.2. The van der Waals surface area contributed by atoms with Gasteiger partial charge in [0, 0.05) is 24.2 Å². The van der Waals surface area contributed by atoms with Gasteiger partial charge in [-0.3, -0.25) is 9.59 Å². The van der Waals surface area contributed by atoms with E-state index < -0.39 is 23.1 Å². The summed E-state index contributed by atoms with van der Waals surface area (Å²) in [5, 5.41) is 9.12. The molecule has 2 fully saturated rings. The van der Waals surface area contributed by atoms with Gasteiger partial charge in [-0.05, 0) is 62.8 Å². The SMILES string of the molecule is CC(C)(CC(=O)O)CC(=O)N1CCC[C@H]2[C@@H]1CC(C)(C)N2c1ccc(C(F)(F)F)cc1. The number of carboxylic acids is 1. The molecular formula is C23H31F3N2O3. The molecule has 8 heteroatoms. The normalized spacial score (nSPS) is 23.6. The topological polar surface area (TPSA) is 60.9 Å². The van der Waals surface area contributed by atoms with Gasteiger partial charge in [0.15, 0.2) is 0 Å². The van der Waals surface area contributed by atoms with Crippen molar-refractivity contribution in [2.75, 3.05) is 11.4 Å². The van der Waals surface area contributed by atoms with E-state index in [1.807, 2.05) is 4.90 Å². The van der Waals surface area contributed by atoms with E-state index in [-0.39, 0.29) is 36.4 Å². The second kappa shape index (κ2) is 8.02. The second-order valence-corrected chi connectivity index (χ2v) is 10.2. The van der Waals surface area contributed by atoms with Crippen LogP contribution >= 0.6 is 0 Å². The fourth-order valence-electron chi connectivity index (χ4n) is 5.29. The zero-order valence-electron chi connectivity index (χ0n) is 18.5. The molecule has 5 nitrogen and oxygen atoms in total. The van der Waals surface area contributed by atoms with Crippen molar-refractivity contribution >= 4 is 17.6 Å². The first-order valence-electron chi connectivity index (χ1n) is 10.7.